The molecule has 0 aliphatic heterocycles. The molecule has 0 unspecified atom stereocenters. The van der Waals surface area contributed by atoms with E-state index in [4.69, 9.17) is 0 Å². The molecule has 1 N–H and O–H groups in total. The van der Waals surface area contributed by atoms with E-state index in [2.05, 4.69) is 4.98 Å². The number of hydrogen-bond donors (Lipinski definition) is 1. The van der Waals surface area contributed by atoms with Gasteiger partial charge in [0, 0.05) is 16.7 Å². The fourth-order valence-electron chi connectivity index (χ4n) is 2.74. The topological polar surface area (TPSA) is 54.6 Å². The smallest absolute Gasteiger partial charge is 0.347 e. The largest absolute Gasteiger partial charge is 0.477 e. The minimum absolute atomic E-state index is 0.272. The Morgan fingerprint density at radius 2 is 1.86 bits per heavy atom. The van der Waals surface area contributed by atoms with Gasteiger partial charge >= 0.3 is 5.97 Å². The van der Waals surface area contributed by atoms with Gasteiger partial charge in [-0.15, -0.1) is 0 Å². The molecule has 114 valence electrons. The summed E-state index contributed by atoms with van der Waals surface area (Å²) in [6.45, 7) is 8.09. The standard InChI is InChI=1S/C17H18N2O2S/c1-10-12(11-8-6-5-7-9-11)18-16-19(10)14(17(2,3)4)13(22-16)15(20)21/h5-9H,1-4H3,(H,20,21). The molecule has 0 fully saturated rings. The Morgan fingerprint density at radius 1 is 1.23 bits per heavy atom. The first-order chi connectivity index (χ1) is 10.3. The van der Waals surface area contributed by atoms with Crippen molar-refractivity contribution in [2.45, 2.75) is 33.1 Å². The number of hydrogen-bond acceptors (Lipinski definition) is 3. The van der Waals surface area contributed by atoms with Crippen molar-refractivity contribution in [2.24, 2.45) is 0 Å². The summed E-state index contributed by atoms with van der Waals surface area (Å²) in [6, 6.07) is 9.98. The van der Waals surface area contributed by atoms with Crippen LogP contribution in [0.3, 0.4) is 0 Å². The highest BCUT2D eigenvalue weighted by Gasteiger charge is 2.30. The molecule has 1 aromatic carbocycles. The lowest BCUT2D eigenvalue weighted by Crippen LogP contribution is -2.18. The number of nitrogens with zero attached hydrogens (tertiary/aromatic N) is 2. The van der Waals surface area contributed by atoms with E-state index in [1.165, 1.54) is 11.3 Å². The third-order valence-electron chi connectivity index (χ3n) is 3.66. The molecule has 0 radical (unpaired) electrons. The van der Waals surface area contributed by atoms with Crippen molar-refractivity contribution in [3.05, 3.63) is 46.6 Å². The minimum Gasteiger partial charge on any atom is -0.477 e. The molecule has 2 heterocycles. The Morgan fingerprint density at radius 3 is 2.41 bits per heavy atom. The second-order valence-electron chi connectivity index (χ2n) is 6.36. The maximum atomic E-state index is 11.6. The summed E-state index contributed by atoms with van der Waals surface area (Å²) in [7, 11) is 0. The van der Waals surface area contributed by atoms with Crippen molar-refractivity contribution in [1.29, 1.82) is 0 Å². The molecule has 0 atom stereocenters. The summed E-state index contributed by atoms with van der Waals surface area (Å²) >= 11 is 1.24. The van der Waals surface area contributed by atoms with Crippen molar-refractivity contribution < 1.29 is 9.90 Å². The molecule has 0 saturated carbocycles. The Kier molecular flexibility index (Phi) is 3.33. The van der Waals surface area contributed by atoms with Gasteiger partial charge in [0.1, 0.15) is 4.88 Å². The molecule has 3 aromatic rings. The first kappa shape index (κ1) is 14.8. The molecule has 2 aromatic heterocycles. The van der Waals surface area contributed by atoms with Gasteiger partial charge in [-0.2, -0.15) is 0 Å². The van der Waals surface area contributed by atoms with Gasteiger partial charge in [0.15, 0.2) is 4.96 Å². The molecular weight excluding hydrogens is 296 g/mol. The number of fused-ring (bicyclic) bond motifs is 1. The van der Waals surface area contributed by atoms with E-state index < -0.39 is 5.97 Å². The fraction of sp³-hybridized carbons (Fsp3) is 0.294. The normalized spacial score (nSPS) is 12.0. The highest BCUT2D eigenvalue weighted by molar-refractivity contribution is 7.19. The van der Waals surface area contributed by atoms with Gasteiger partial charge < -0.3 is 5.11 Å². The number of aromatic nitrogens is 2. The first-order valence-corrected chi connectivity index (χ1v) is 7.93. The van der Waals surface area contributed by atoms with Crippen LogP contribution in [0, 0.1) is 6.92 Å². The number of imidazole rings is 1. The van der Waals surface area contributed by atoms with Crippen LogP contribution in [0.1, 0.15) is 41.8 Å². The van der Waals surface area contributed by atoms with Gasteiger partial charge in [0.25, 0.3) is 0 Å². The quantitative estimate of drug-likeness (QED) is 0.764. The molecule has 4 nitrogen and oxygen atoms in total. The SMILES string of the molecule is Cc1c(-c2ccccc2)nc2sc(C(=O)O)c(C(C)(C)C)n12. The highest BCUT2D eigenvalue weighted by Crippen LogP contribution is 2.36. The van der Waals surface area contributed by atoms with Crippen LogP contribution in [0.4, 0.5) is 0 Å². The van der Waals surface area contributed by atoms with Crippen LogP contribution in [-0.2, 0) is 5.41 Å². The maximum absolute atomic E-state index is 11.6. The summed E-state index contributed by atoms with van der Waals surface area (Å²) < 4.78 is 2.00. The van der Waals surface area contributed by atoms with E-state index in [9.17, 15) is 9.90 Å². The van der Waals surface area contributed by atoms with Gasteiger partial charge in [-0.1, -0.05) is 62.4 Å². The van der Waals surface area contributed by atoms with E-state index in [1.54, 1.807) is 0 Å². The van der Waals surface area contributed by atoms with E-state index in [0.29, 0.717) is 4.88 Å². The lowest BCUT2D eigenvalue weighted by atomic mass is 9.91. The summed E-state index contributed by atoms with van der Waals surface area (Å²) in [5.74, 6) is -0.888. The number of benzene rings is 1. The third-order valence-corrected chi connectivity index (χ3v) is 4.69. The van der Waals surface area contributed by atoms with E-state index in [1.807, 2.05) is 62.4 Å². The number of carboxylic acids is 1. The molecule has 0 aliphatic carbocycles. The summed E-state index contributed by atoms with van der Waals surface area (Å²) in [6.07, 6.45) is 0. The van der Waals surface area contributed by atoms with Gasteiger partial charge in [0.05, 0.1) is 11.4 Å². The highest BCUT2D eigenvalue weighted by atomic mass is 32.1. The van der Waals surface area contributed by atoms with E-state index in [0.717, 1.165) is 27.6 Å². The fourth-order valence-corrected chi connectivity index (χ4v) is 3.96. The zero-order chi connectivity index (χ0) is 16.1. The average molecular weight is 314 g/mol. The molecule has 5 heteroatoms. The zero-order valence-corrected chi connectivity index (χ0v) is 13.9. The number of aromatic carboxylic acids is 1. The number of rotatable bonds is 2. The first-order valence-electron chi connectivity index (χ1n) is 7.11. The van der Waals surface area contributed by atoms with Crippen LogP contribution in [0.25, 0.3) is 16.2 Å². The monoisotopic (exact) mass is 314 g/mol. The summed E-state index contributed by atoms with van der Waals surface area (Å²) in [5, 5.41) is 9.49. The van der Waals surface area contributed by atoms with Crippen LogP contribution in [-0.4, -0.2) is 20.5 Å². The number of aryl methyl sites for hydroxylation is 1. The second kappa shape index (κ2) is 4.95. The Balaban J connectivity index is 2.34. The van der Waals surface area contributed by atoms with E-state index >= 15 is 0 Å². The van der Waals surface area contributed by atoms with Crippen LogP contribution >= 0.6 is 11.3 Å². The molecule has 0 aliphatic rings. The third kappa shape index (κ3) is 2.22. The molecule has 0 spiro atoms. The molecular formula is C17H18N2O2S. The van der Waals surface area contributed by atoms with Crippen molar-refractivity contribution in [2.75, 3.05) is 0 Å². The van der Waals surface area contributed by atoms with Crippen LogP contribution < -0.4 is 0 Å². The maximum Gasteiger partial charge on any atom is 0.347 e. The lowest BCUT2D eigenvalue weighted by Gasteiger charge is -2.19. The summed E-state index contributed by atoms with van der Waals surface area (Å²) in [4.78, 5) is 17.4. The molecule has 22 heavy (non-hydrogen) atoms. The molecule has 0 saturated heterocycles. The Bertz CT molecular complexity index is 854. The predicted octanol–water partition coefficient (Wildman–Crippen LogP) is 4.37. The van der Waals surface area contributed by atoms with Crippen molar-refractivity contribution in [3.63, 3.8) is 0 Å². The zero-order valence-electron chi connectivity index (χ0n) is 13.0. The molecule has 3 rings (SSSR count). The van der Waals surface area contributed by atoms with Gasteiger partial charge in [-0.05, 0) is 6.92 Å². The lowest BCUT2D eigenvalue weighted by molar-refractivity contribution is 0.0699. The number of carbonyl (C=O) groups is 1. The summed E-state index contributed by atoms with van der Waals surface area (Å²) in [5.41, 5.74) is 3.48. The Labute approximate surface area is 133 Å². The molecule has 0 amide bonds. The van der Waals surface area contributed by atoms with Crippen molar-refractivity contribution in [1.82, 2.24) is 9.38 Å². The number of thiazole rings is 1. The van der Waals surface area contributed by atoms with Gasteiger partial charge in [-0.25, -0.2) is 9.78 Å². The second-order valence-corrected chi connectivity index (χ2v) is 7.34. The Hall–Kier alpha value is -2.14. The van der Waals surface area contributed by atoms with Crippen LogP contribution in [0.15, 0.2) is 30.3 Å². The van der Waals surface area contributed by atoms with Gasteiger partial charge in [-0.3, -0.25) is 4.40 Å². The average Bonchev–Trinajstić information content (AvgIpc) is 2.97. The van der Waals surface area contributed by atoms with Crippen LogP contribution in [0.5, 0.6) is 0 Å². The molecule has 0 bridgehead atoms. The predicted molar refractivity (Wildman–Crippen MR) is 88.9 cm³/mol. The van der Waals surface area contributed by atoms with Crippen LogP contribution in [0.2, 0.25) is 0 Å². The van der Waals surface area contributed by atoms with Gasteiger partial charge in [0.2, 0.25) is 0 Å². The number of carboxylic acid groups (broad SMARTS) is 1. The minimum atomic E-state index is -0.888. The van der Waals surface area contributed by atoms with E-state index in [-0.39, 0.29) is 5.41 Å². The van der Waals surface area contributed by atoms with Crippen molar-refractivity contribution >= 4 is 22.3 Å². The van der Waals surface area contributed by atoms with Crippen molar-refractivity contribution in [3.8, 4) is 11.3 Å².